The molecular formula is C10H21NO. The summed E-state index contributed by atoms with van der Waals surface area (Å²) in [6, 6.07) is 0. The summed E-state index contributed by atoms with van der Waals surface area (Å²) < 4.78 is 5.52. The summed E-state index contributed by atoms with van der Waals surface area (Å²) in [5, 5.41) is 3.43. The van der Waals surface area contributed by atoms with Crippen LogP contribution in [-0.2, 0) is 4.74 Å². The van der Waals surface area contributed by atoms with Crippen LogP contribution in [0.1, 0.15) is 33.1 Å². The summed E-state index contributed by atoms with van der Waals surface area (Å²) in [6.45, 7) is 7.49. The summed E-state index contributed by atoms with van der Waals surface area (Å²) in [5.74, 6) is 0.847. The second kappa shape index (κ2) is 5.55. The van der Waals surface area contributed by atoms with E-state index in [9.17, 15) is 0 Å². The highest BCUT2D eigenvalue weighted by atomic mass is 16.5. The Morgan fingerprint density at radius 1 is 1.58 bits per heavy atom. The van der Waals surface area contributed by atoms with Crippen molar-refractivity contribution in [2.75, 3.05) is 19.7 Å². The van der Waals surface area contributed by atoms with Gasteiger partial charge in [0.05, 0.1) is 6.10 Å². The minimum absolute atomic E-state index is 0.444. The van der Waals surface area contributed by atoms with E-state index in [0.29, 0.717) is 6.10 Å². The van der Waals surface area contributed by atoms with Crippen molar-refractivity contribution in [3.63, 3.8) is 0 Å². The maximum atomic E-state index is 5.52. The normalized spacial score (nSPS) is 27.0. The Kier molecular flexibility index (Phi) is 4.62. The maximum absolute atomic E-state index is 5.52. The molecular weight excluding hydrogens is 150 g/mol. The Bertz CT molecular complexity index is 110. The first kappa shape index (κ1) is 10.0. The molecule has 0 amide bonds. The monoisotopic (exact) mass is 171 g/mol. The molecule has 2 atom stereocenters. The quantitative estimate of drug-likeness (QED) is 0.696. The van der Waals surface area contributed by atoms with Crippen molar-refractivity contribution in [3.8, 4) is 0 Å². The summed E-state index contributed by atoms with van der Waals surface area (Å²) in [6.07, 6.45) is 4.38. The molecule has 1 aliphatic rings. The molecule has 0 bridgehead atoms. The van der Waals surface area contributed by atoms with E-state index in [2.05, 4.69) is 19.2 Å². The predicted molar refractivity (Wildman–Crippen MR) is 51.3 cm³/mol. The third-order valence-electron chi connectivity index (χ3n) is 2.52. The number of rotatable bonds is 4. The van der Waals surface area contributed by atoms with Crippen LogP contribution in [0.25, 0.3) is 0 Å². The van der Waals surface area contributed by atoms with Crippen LogP contribution in [0.5, 0.6) is 0 Å². The Labute approximate surface area is 75.7 Å². The Morgan fingerprint density at radius 3 is 3.00 bits per heavy atom. The fourth-order valence-corrected chi connectivity index (χ4v) is 1.95. The molecule has 1 N–H and O–H groups in total. The van der Waals surface area contributed by atoms with E-state index < -0.39 is 0 Å². The maximum Gasteiger partial charge on any atom is 0.0550 e. The lowest BCUT2D eigenvalue weighted by Crippen LogP contribution is -2.31. The van der Waals surface area contributed by atoms with Crippen molar-refractivity contribution in [1.82, 2.24) is 5.32 Å². The van der Waals surface area contributed by atoms with Crippen LogP contribution in [0, 0.1) is 5.92 Å². The third kappa shape index (κ3) is 3.55. The van der Waals surface area contributed by atoms with Crippen LogP contribution in [0.2, 0.25) is 0 Å². The first-order valence-electron chi connectivity index (χ1n) is 5.15. The van der Waals surface area contributed by atoms with E-state index in [0.717, 1.165) is 12.5 Å². The lowest BCUT2D eigenvalue weighted by molar-refractivity contribution is 0.0547. The van der Waals surface area contributed by atoms with Gasteiger partial charge in [-0.1, -0.05) is 0 Å². The number of nitrogens with one attached hydrogen (secondary N) is 1. The molecule has 1 saturated heterocycles. The second-order valence-electron chi connectivity index (χ2n) is 3.71. The first-order chi connectivity index (χ1) is 5.83. The van der Waals surface area contributed by atoms with E-state index in [-0.39, 0.29) is 0 Å². The molecule has 0 spiro atoms. The summed E-state index contributed by atoms with van der Waals surface area (Å²) in [4.78, 5) is 0. The van der Waals surface area contributed by atoms with Gasteiger partial charge in [0.2, 0.25) is 0 Å². The molecule has 0 radical (unpaired) electrons. The fourth-order valence-electron chi connectivity index (χ4n) is 1.95. The van der Waals surface area contributed by atoms with E-state index in [4.69, 9.17) is 4.74 Å². The molecule has 0 aliphatic carbocycles. The zero-order chi connectivity index (χ0) is 8.81. The standard InChI is InChI=1S/C10H21NO/c1-3-12-9(2)7-10-5-4-6-11-8-10/h9-11H,3-8H2,1-2H3. The molecule has 12 heavy (non-hydrogen) atoms. The Balaban J connectivity index is 2.11. The van der Waals surface area contributed by atoms with Gasteiger partial charge in [0.1, 0.15) is 0 Å². The topological polar surface area (TPSA) is 21.3 Å². The minimum atomic E-state index is 0.444. The molecule has 2 heteroatoms. The van der Waals surface area contributed by atoms with E-state index >= 15 is 0 Å². The van der Waals surface area contributed by atoms with Crippen molar-refractivity contribution < 1.29 is 4.74 Å². The van der Waals surface area contributed by atoms with Gasteiger partial charge in [-0.3, -0.25) is 0 Å². The molecule has 1 heterocycles. The molecule has 0 saturated carbocycles. The molecule has 1 aliphatic heterocycles. The molecule has 2 unspecified atom stereocenters. The van der Waals surface area contributed by atoms with Crippen LogP contribution < -0.4 is 5.32 Å². The third-order valence-corrected chi connectivity index (χ3v) is 2.52. The first-order valence-corrected chi connectivity index (χ1v) is 5.15. The minimum Gasteiger partial charge on any atom is -0.379 e. The van der Waals surface area contributed by atoms with Crippen molar-refractivity contribution in [2.45, 2.75) is 39.2 Å². The highest BCUT2D eigenvalue weighted by Gasteiger charge is 2.15. The van der Waals surface area contributed by atoms with Gasteiger partial charge >= 0.3 is 0 Å². The number of piperidine rings is 1. The molecule has 0 aromatic carbocycles. The number of hydrogen-bond donors (Lipinski definition) is 1. The number of ether oxygens (including phenoxy) is 1. The van der Waals surface area contributed by atoms with Gasteiger partial charge in [-0.2, -0.15) is 0 Å². The highest BCUT2D eigenvalue weighted by Crippen LogP contribution is 2.17. The number of hydrogen-bond acceptors (Lipinski definition) is 2. The van der Waals surface area contributed by atoms with Crippen molar-refractivity contribution in [2.24, 2.45) is 5.92 Å². The van der Waals surface area contributed by atoms with E-state index in [1.807, 2.05) is 0 Å². The lowest BCUT2D eigenvalue weighted by Gasteiger charge is -2.25. The Hall–Kier alpha value is -0.0800. The molecule has 1 rings (SSSR count). The van der Waals surface area contributed by atoms with Gasteiger partial charge in [-0.15, -0.1) is 0 Å². The Morgan fingerprint density at radius 2 is 2.42 bits per heavy atom. The van der Waals surface area contributed by atoms with Crippen LogP contribution in [0.15, 0.2) is 0 Å². The van der Waals surface area contributed by atoms with E-state index in [1.165, 1.54) is 32.4 Å². The SMILES string of the molecule is CCOC(C)CC1CCCNC1. The predicted octanol–water partition coefficient (Wildman–Crippen LogP) is 1.80. The van der Waals surface area contributed by atoms with Gasteiger partial charge in [0.25, 0.3) is 0 Å². The van der Waals surface area contributed by atoms with Gasteiger partial charge in [-0.05, 0) is 52.1 Å². The van der Waals surface area contributed by atoms with Crippen LogP contribution in [0.3, 0.4) is 0 Å². The average molecular weight is 171 g/mol. The van der Waals surface area contributed by atoms with Crippen molar-refractivity contribution in [1.29, 1.82) is 0 Å². The fraction of sp³-hybridized carbons (Fsp3) is 1.00. The molecule has 1 fully saturated rings. The lowest BCUT2D eigenvalue weighted by atomic mass is 9.94. The molecule has 72 valence electrons. The van der Waals surface area contributed by atoms with Crippen molar-refractivity contribution in [3.05, 3.63) is 0 Å². The average Bonchev–Trinajstić information content (AvgIpc) is 2.06. The summed E-state index contributed by atoms with van der Waals surface area (Å²) >= 11 is 0. The largest absolute Gasteiger partial charge is 0.379 e. The summed E-state index contributed by atoms with van der Waals surface area (Å²) in [7, 11) is 0. The zero-order valence-electron chi connectivity index (χ0n) is 8.31. The van der Waals surface area contributed by atoms with Crippen LogP contribution >= 0.6 is 0 Å². The van der Waals surface area contributed by atoms with Crippen molar-refractivity contribution >= 4 is 0 Å². The molecule has 0 aromatic rings. The van der Waals surface area contributed by atoms with Gasteiger partial charge < -0.3 is 10.1 Å². The van der Waals surface area contributed by atoms with Gasteiger partial charge in [0, 0.05) is 6.61 Å². The smallest absolute Gasteiger partial charge is 0.0550 e. The van der Waals surface area contributed by atoms with Crippen LogP contribution in [-0.4, -0.2) is 25.8 Å². The second-order valence-corrected chi connectivity index (χ2v) is 3.71. The van der Waals surface area contributed by atoms with Gasteiger partial charge in [-0.25, -0.2) is 0 Å². The van der Waals surface area contributed by atoms with Crippen LogP contribution in [0.4, 0.5) is 0 Å². The highest BCUT2D eigenvalue weighted by molar-refractivity contribution is 4.71. The summed E-state index contributed by atoms with van der Waals surface area (Å²) in [5.41, 5.74) is 0. The molecule has 2 nitrogen and oxygen atoms in total. The van der Waals surface area contributed by atoms with Gasteiger partial charge in [0.15, 0.2) is 0 Å². The molecule has 0 aromatic heterocycles. The van der Waals surface area contributed by atoms with E-state index in [1.54, 1.807) is 0 Å². The zero-order valence-corrected chi connectivity index (χ0v) is 8.31.